The number of amides is 1. The van der Waals surface area contributed by atoms with Crippen molar-refractivity contribution in [2.24, 2.45) is 0 Å². The Bertz CT molecular complexity index is 551. The van der Waals surface area contributed by atoms with E-state index in [1.165, 1.54) is 23.2 Å². The van der Waals surface area contributed by atoms with Gasteiger partial charge in [-0.25, -0.2) is 0 Å². The molecule has 0 atom stereocenters. The number of rotatable bonds is 3. The second-order valence-electron chi connectivity index (χ2n) is 3.70. The smallest absolute Gasteiger partial charge is 0.225 e. The van der Waals surface area contributed by atoms with E-state index in [9.17, 15) is 4.79 Å². The predicted octanol–water partition coefficient (Wildman–Crippen LogP) is 2.20. The van der Waals surface area contributed by atoms with Gasteiger partial charge < -0.3 is 4.74 Å². The number of ether oxygens (including phenoxy) is 1. The number of carbonyl (C=O) groups excluding carboxylic acids is 1. The summed E-state index contributed by atoms with van der Waals surface area (Å²) >= 11 is 1.38. The van der Waals surface area contributed by atoms with Crippen molar-refractivity contribution in [1.29, 1.82) is 0 Å². The van der Waals surface area contributed by atoms with E-state index < -0.39 is 0 Å². The van der Waals surface area contributed by atoms with E-state index in [1.54, 1.807) is 14.2 Å². The molecule has 94 valence electrons. The van der Waals surface area contributed by atoms with Crippen molar-refractivity contribution in [3.8, 4) is 16.3 Å². The molecule has 2 aromatic rings. The van der Waals surface area contributed by atoms with Crippen LogP contribution in [-0.2, 0) is 4.79 Å². The van der Waals surface area contributed by atoms with Gasteiger partial charge in [0.05, 0.1) is 7.11 Å². The lowest BCUT2D eigenvalue weighted by Crippen LogP contribution is -2.22. The summed E-state index contributed by atoms with van der Waals surface area (Å²) < 4.78 is 5.09. The van der Waals surface area contributed by atoms with Gasteiger partial charge >= 0.3 is 0 Å². The summed E-state index contributed by atoms with van der Waals surface area (Å²) in [6.45, 7) is 1.49. The Hall–Kier alpha value is -1.95. The molecule has 0 aliphatic carbocycles. The Labute approximate surface area is 109 Å². The topological polar surface area (TPSA) is 55.3 Å². The fraction of sp³-hybridized carbons (Fsp3) is 0.250. The molecule has 0 saturated carbocycles. The molecule has 0 spiro atoms. The molecule has 5 nitrogen and oxygen atoms in total. The molecule has 0 unspecified atom stereocenters. The minimum atomic E-state index is -0.0626. The van der Waals surface area contributed by atoms with Gasteiger partial charge in [-0.2, -0.15) is 0 Å². The van der Waals surface area contributed by atoms with Crippen LogP contribution in [0, 0.1) is 0 Å². The number of aromatic nitrogens is 2. The maximum Gasteiger partial charge on any atom is 0.225 e. The fourth-order valence-corrected chi connectivity index (χ4v) is 2.19. The monoisotopic (exact) mass is 263 g/mol. The fourth-order valence-electron chi connectivity index (χ4n) is 1.34. The molecule has 6 heteroatoms. The van der Waals surface area contributed by atoms with Crippen LogP contribution in [0.3, 0.4) is 0 Å². The SMILES string of the molecule is COc1ccc(-c2nnc(N(C)C(C)=O)s2)cc1. The molecular weight excluding hydrogens is 250 g/mol. The van der Waals surface area contributed by atoms with E-state index in [0.29, 0.717) is 5.13 Å². The molecule has 0 bridgehead atoms. The first-order valence-corrected chi connectivity index (χ1v) is 6.15. The summed E-state index contributed by atoms with van der Waals surface area (Å²) in [5.41, 5.74) is 0.955. The maximum atomic E-state index is 11.2. The highest BCUT2D eigenvalue weighted by Gasteiger charge is 2.12. The molecule has 0 saturated heterocycles. The van der Waals surface area contributed by atoms with Crippen LogP contribution in [0.1, 0.15) is 6.92 Å². The number of methoxy groups -OCH3 is 1. The van der Waals surface area contributed by atoms with Gasteiger partial charge in [-0.3, -0.25) is 9.69 Å². The van der Waals surface area contributed by atoms with Crippen molar-refractivity contribution in [1.82, 2.24) is 10.2 Å². The van der Waals surface area contributed by atoms with E-state index >= 15 is 0 Å². The van der Waals surface area contributed by atoms with E-state index in [4.69, 9.17) is 4.74 Å². The first-order valence-electron chi connectivity index (χ1n) is 5.34. The highest BCUT2D eigenvalue weighted by Crippen LogP contribution is 2.29. The highest BCUT2D eigenvalue weighted by atomic mass is 32.1. The largest absolute Gasteiger partial charge is 0.497 e. The Morgan fingerprint density at radius 3 is 2.50 bits per heavy atom. The van der Waals surface area contributed by atoms with Crippen molar-refractivity contribution in [2.75, 3.05) is 19.1 Å². The molecule has 0 N–H and O–H groups in total. The zero-order chi connectivity index (χ0) is 13.1. The molecule has 1 heterocycles. The molecule has 1 aromatic carbocycles. The van der Waals surface area contributed by atoms with E-state index in [2.05, 4.69) is 10.2 Å². The first kappa shape index (κ1) is 12.5. The Balaban J connectivity index is 2.26. The highest BCUT2D eigenvalue weighted by molar-refractivity contribution is 7.18. The molecule has 18 heavy (non-hydrogen) atoms. The molecule has 0 aliphatic rings. The van der Waals surface area contributed by atoms with Crippen LogP contribution < -0.4 is 9.64 Å². The van der Waals surface area contributed by atoms with Crippen LogP contribution in [0.25, 0.3) is 10.6 Å². The third-order valence-corrected chi connectivity index (χ3v) is 3.56. The standard InChI is InChI=1S/C12H13N3O2S/c1-8(16)15(2)12-14-13-11(18-12)9-4-6-10(17-3)7-5-9/h4-7H,1-3H3. The van der Waals surface area contributed by atoms with Crippen molar-refractivity contribution >= 4 is 22.4 Å². The van der Waals surface area contributed by atoms with Crippen LogP contribution >= 0.6 is 11.3 Å². The van der Waals surface area contributed by atoms with Crippen molar-refractivity contribution < 1.29 is 9.53 Å². The third-order valence-electron chi connectivity index (χ3n) is 2.51. The third kappa shape index (κ3) is 2.48. The predicted molar refractivity (Wildman–Crippen MR) is 71.0 cm³/mol. The van der Waals surface area contributed by atoms with E-state index in [0.717, 1.165) is 16.3 Å². The summed E-state index contributed by atoms with van der Waals surface area (Å²) in [6, 6.07) is 7.56. The van der Waals surface area contributed by atoms with Crippen LogP contribution in [0.15, 0.2) is 24.3 Å². The van der Waals surface area contributed by atoms with Gasteiger partial charge in [-0.1, -0.05) is 11.3 Å². The number of benzene rings is 1. The van der Waals surface area contributed by atoms with Crippen molar-refractivity contribution in [3.63, 3.8) is 0 Å². The molecule has 1 aromatic heterocycles. The normalized spacial score (nSPS) is 10.2. The number of anilines is 1. The van der Waals surface area contributed by atoms with Gasteiger partial charge in [-0.15, -0.1) is 10.2 Å². The lowest BCUT2D eigenvalue weighted by molar-refractivity contribution is -0.116. The molecular formula is C12H13N3O2S. The molecule has 2 rings (SSSR count). The zero-order valence-corrected chi connectivity index (χ0v) is 11.2. The Morgan fingerprint density at radius 2 is 1.94 bits per heavy atom. The average molecular weight is 263 g/mol. The van der Waals surface area contributed by atoms with Crippen molar-refractivity contribution in [3.05, 3.63) is 24.3 Å². The van der Waals surface area contributed by atoms with E-state index in [1.807, 2.05) is 24.3 Å². The van der Waals surface area contributed by atoms with E-state index in [-0.39, 0.29) is 5.91 Å². The number of carbonyl (C=O) groups is 1. The summed E-state index contributed by atoms with van der Waals surface area (Å²) in [5.74, 6) is 0.733. The number of hydrogen-bond donors (Lipinski definition) is 0. The summed E-state index contributed by atoms with van der Waals surface area (Å²) in [4.78, 5) is 12.7. The van der Waals surface area contributed by atoms with Gasteiger partial charge in [-0.05, 0) is 24.3 Å². The second-order valence-corrected chi connectivity index (χ2v) is 4.65. The summed E-state index contributed by atoms with van der Waals surface area (Å²) in [6.07, 6.45) is 0. The van der Waals surface area contributed by atoms with Gasteiger partial charge in [0.1, 0.15) is 10.8 Å². The lowest BCUT2D eigenvalue weighted by atomic mass is 10.2. The second kappa shape index (κ2) is 5.14. The molecule has 0 aliphatic heterocycles. The summed E-state index contributed by atoms with van der Waals surface area (Å²) in [7, 11) is 3.31. The van der Waals surface area contributed by atoms with Gasteiger partial charge in [0, 0.05) is 19.5 Å². The van der Waals surface area contributed by atoms with Crippen LogP contribution in [0.4, 0.5) is 5.13 Å². The minimum Gasteiger partial charge on any atom is -0.497 e. The first-order chi connectivity index (χ1) is 8.61. The van der Waals surface area contributed by atoms with Crippen molar-refractivity contribution in [2.45, 2.75) is 6.92 Å². The molecule has 1 amide bonds. The summed E-state index contributed by atoms with van der Waals surface area (Å²) in [5, 5.41) is 9.45. The average Bonchev–Trinajstić information content (AvgIpc) is 2.87. The van der Waals surface area contributed by atoms with Crippen LogP contribution in [-0.4, -0.2) is 30.3 Å². The molecule has 0 fully saturated rings. The maximum absolute atomic E-state index is 11.2. The quantitative estimate of drug-likeness (QED) is 0.851. The van der Waals surface area contributed by atoms with Gasteiger partial charge in [0.25, 0.3) is 0 Å². The number of nitrogens with zero attached hydrogens (tertiary/aromatic N) is 3. The number of hydrogen-bond acceptors (Lipinski definition) is 5. The zero-order valence-electron chi connectivity index (χ0n) is 10.4. The minimum absolute atomic E-state index is 0.0626. The molecule has 0 radical (unpaired) electrons. The van der Waals surface area contributed by atoms with Gasteiger partial charge in [0.15, 0.2) is 0 Å². The van der Waals surface area contributed by atoms with Gasteiger partial charge in [0.2, 0.25) is 11.0 Å². The van der Waals surface area contributed by atoms with Crippen LogP contribution in [0.2, 0.25) is 0 Å². The lowest BCUT2D eigenvalue weighted by Gasteiger charge is -2.08. The Kier molecular flexibility index (Phi) is 3.57. The van der Waals surface area contributed by atoms with Crippen LogP contribution in [0.5, 0.6) is 5.75 Å². The Morgan fingerprint density at radius 1 is 1.28 bits per heavy atom.